The number of fused-ring (bicyclic) bond motifs is 1. The second kappa shape index (κ2) is 4.74. The number of ketones is 1. The van der Waals surface area contributed by atoms with Crippen LogP contribution in [0.1, 0.15) is 28.9 Å². The lowest BCUT2D eigenvalue weighted by atomic mass is 9.97. The van der Waals surface area contributed by atoms with Crippen LogP contribution in [-0.2, 0) is 6.42 Å². The highest BCUT2D eigenvalue weighted by Gasteiger charge is 2.21. The number of carbonyl (C=O) groups excluding carboxylic acids is 1. The molecule has 3 rings (SSSR count). The van der Waals surface area contributed by atoms with Crippen molar-refractivity contribution >= 4 is 17.4 Å². The van der Waals surface area contributed by atoms with Crippen LogP contribution in [0.4, 0.5) is 0 Å². The number of rotatable bonds is 2. The predicted molar refractivity (Wildman–Crippen MR) is 74.6 cm³/mol. The van der Waals surface area contributed by atoms with Gasteiger partial charge in [0.05, 0.1) is 12.1 Å². The van der Waals surface area contributed by atoms with Gasteiger partial charge in [-0.15, -0.1) is 0 Å². The molecule has 0 fully saturated rings. The molecule has 1 aromatic heterocycles. The van der Waals surface area contributed by atoms with Gasteiger partial charge in [0.2, 0.25) is 0 Å². The third kappa shape index (κ3) is 2.04. The summed E-state index contributed by atoms with van der Waals surface area (Å²) in [4.78, 5) is 11.8. The van der Waals surface area contributed by atoms with Crippen LogP contribution in [0.2, 0.25) is 5.02 Å². The van der Waals surface area contributed by atoms with Gasteiger partial charge in [0, 0.05) is 29.6 Å². The Hall–Kier alpha value is -1.74. The zero-order valence-electron chi connectivity index (χ0n) is 10.6. The molecule has 19 heavy (non-hydrogen) atoms. The topological polar surface area (TPSA) is 31.2 Å². The quantitative estimate of drug-likeness (QED) is 0.837. The predicted octanol–water partition coefficient (Wildman–Crippen LogP) is 3.66. The van der Waals surface area contributed by atoms with Gasteiger partial charge in [0.25, 0.3) is 0 Å². The Bertz CT molecular complexity index is 646. The maximum absolute atomic E-state index is 11.8. The standard InChI is InChI=1S/C15H14ClNO2/c1-19-15-6-5-10(9-12(15)16)17-8-7-11-13(17)3-2-4-14(11)18/h5-9H,2-4H2,1H3. The first-order valence-corrected chi connectivity index (χ1v) is 6.66. The van der Waals surface area contributed by atoms with Crippen molar-refractivity contribution in [1.82, 2.24) is 4.57 Å². The maximum atomic E-state index is 11.8. The lowest BCUT2D eigenvalue weighted by molar-refractivity contribution is 0.0972. The van der Waals surface area contributed by atoms with Crippen molar-refractivity contribution in [3.8, 4) is 11.4 Å². The van der Waals surface area contributed by atoms with Gasteiger partial charge >= 0.3 is 0 Å². The summed E-state index contributed by atoms with van der Waals surface area (Å²) in [6.45, 7) is 0. The fourth-order valence-corrected chi connectivity index (χ4v) is 2.82. The smallest absolute Gasteiger partial charge is 0.164 e. The molecule has 0 bridgehead atoms. The zero-order chi connectivity index (χ0) is 13.4. The lowest BCUT2D eigenvalue weighted by Gasteiger charge is -2.15. The SMILES string of the molecule is COc1ccc(-n2ccc3c2CCCC3=O)cc1Cl. The normalized spacial score (nSPS) is 14.3. The van der Waals surface area contributed by atoms with E-state index < -0.39 is 0 Å². The molecular weight excluding hydrogens is 262 g/mol. The third-order valence-corrected chi connectivity index (χ3v) is 3.82. The molecule has 0 unspecified atom stereocenters. The van der Waals surface area contributed by atoms with E-state index in [0.29, 0.717) is 17.2 Å². The lowest BCUT2D eigenvalue weighted by Crippen LogP contribution is -2.12. The van der Waals surface area contributed by atoms with E-state index in [1.54, 1.807) is 7.11 Å². The number of hydrogen-bond acceptors (Lipinski definition) is 2. The molecule has 0 aliphatic heterocycles. The summed E-state index contributed by atoms with van der Waals surface area (Å²) in [6, 6.07) is 7.55. The Labute approximate surface area is 116 Å². The van der Waals surface area contributed by atoms with E-state index >= 15 is 0 Å². The Morgan fingerprint density at radius 3 is 2.84 bits per heavy atom. The summed E-state index contributed by atoms with van der Waals surface area (Å²) in [6.07, 6.45) is 4.43. The molecule has 0 spiro atoms. The number of aromatic nitrogens is 1. The van der Waals surface area contributed by atoms with Crippen LogP contribution in [0.25, 0.3) is 5.69 Å². The van der Waals surface area contributed by atoms with Crippen molar-refractivity contribution in [2.45, 2.75) is 19.3 Å². The second-order valence-corrected chi connectivity index (χ2v) is 5.05. The number of methoxy groups -OCH3 is 1. The van der Waals surface area contributed by atoms with E-state index in [0.717, 1.165) is 29.8 Å². The van der Waals surface area contributed by atoms with E-state index in [4.69, 9.17) is 16.3 Å². The van der Waals surface area contributed by atoms with Crippen molar-refractivity contribution in [2.75, 3.05) is 7.11 Å². The Balaban J connectivity index is 2.08. The molecule has 0 saturated heterocycles. The Morgan fingerprint density at radius 1 is 1.26 bits per heavy atom. The van der Waals surface area contributed by atoms with Gasteiger partial charge in [0.1, 0.15) is 5.75 Å². The average Bonchev–Trinajstić information content (AvgIpc) is 2.84. The second-order valence-electron chi connectivity index (χ2n) is 4.64. The molecule has 1 aliphatic carbocycles. The molecule has 98 valence electrons. The number of ether oxygens (including phenoxy) is 1. The van der Waals surface area contributed by atoms with Gasteiger partial charge in [-0.25, -0.2) is 0 Å². The minimum Gasteiger partial charge on any atom is -0.495 e. The largest absolute Gasteiger partial charge is 0.495 e. The van der Waals surface area contributed by atoms with Gasteiger partial charge in [-0.05, 0) is 37.1 Å². The number of hydrogen-bond donors (Lipinski definition) is 0. The van der Waals surface area contributed by atoms with Gasteiger partial charge in [0.15, 0.2) is 5.78 Å². The van der Waals surface area contributed by atoms with Gasteiger partial charge < -0.3 is 9.30 Å². The first-order chi connectivity index (χ1) is 9.20. The summed E-state index contributed by atoms with van der Waals surface area (Å²) in [7, 11) is 1.59. The van der Waals surface area contributed by atoms with E-state index in [9.17, 15) is 4.79 Å². The highest BCUT2D eigenvalue weighted by molar-refractivity contribution is 6.32. The highest BCUT2D eigenvalue weighted by Crippen LogP contribution is 2.30. The van der Waals surface area contributed by atoms with Crippen LogP contribution >= 0.6 is 11.6 Å². The van der Waals surface area contributed by atoms with Gasteiger partial charge in [-0.1, -0.05) is 11.6 Å². The van der Waals surface area contributed by atoms with Crippen LogP contribution in [0.15, 0.2) is 30.5 Å². The summed E-state index contributed by atoms with van der Waals surface area (Å²) >= 11 is 6.15. The molecule has 0 radical (unpaired) electrons. The molecule has 3 nitrogen and oxygen atoms in total. The van der Waals surface area contributed by atoms with E-state index in [2.05, 4.69) is 0 Å². The van der Waals surface area contributed by atoms with Crippen LogP contribution in [0.5, 0.6) is 5.75 Å². The summed E-state index contributed by atoms with van der Waals surface area (Å²) in [5.41, 5.74) is 2.89. The number of carbonyl (C=O) groups is 1. The van der Waals surface area contributed by atoms with Crippen molar-refractivity contribution < 1.29 is 9.53 Å². The van der Waals surface area contributed by atoms with E-state index in [1.807, 2.05) is 35.0 Å². The third-order valence-electron chi connectivity index (χ3n) is 3.52. The molecule has 4 heteroatoms. The number of Topliss-reactive ketones (excluding diaryl/α,β-unsaturated/α-hetero) is 1. The Morgan fingerprint density at radius 2 is 2.11 bits per heavy atom. The molecular formula is C15H14ClNO2. The molecule has 0 atom stereocenters. The van der Waals surface area contributed by atoms with E-state index in [-0.39, 0.29) is 5.78 Å². The van der Waals surface area contributed by atoms with Crippen LogP contribution in [0, 0.1) is 0 Å². The molecule has 0 amide bonds. The van der Waals surface area contributed by atoms with Gasteiger partial charge in [-0.3, -0.25) is 4.79 Å². The van der Waals surface area contributed by atoms with Crippen LogP contribution in [0.3, 0.4) is 0 Å². The molecule has 1 aliphatic rings. The van der Waals surface area contributed by atoms with Gasteiger partial charge in [-0.2, -0.15) is 0 Å². The maximum Gasteiger partial charge on any atom is 0.164 e. The molecule has 0 N–H and O–H groups in total. The summed E-state index contributed by atoms with van der Waals surface area (Å²) in [5.74, 6) is 0.891. The Kier molecular flexibility index (Phi) is 3.07. The van der Waals surface area contributed by atoms with Crippen molar-refractivity contribution in [2.24, 2.45) is 0 Å². The average molecular weight is 276 g/mol. The number of benzene rings is 1. The van der Waals surface area contributed by atoms with Crippen LogP contribution < -0.4 is 4.74 Å². The number of nitrogens with zero attached hydrogens (tertiary/aromatic N) is 1. The van der Waals surface area contributed by atoms with Crippen molar-refractivity contribution in [3.63, 3.8) is 0 Å². The van der Waals surface area contributed by atoms with Crippen LogP contribution in [-0.4, -0.2) is 17.5 Å². The van der Waals surface area contributed by atoms with Crippen molar-refractivity contribution in [1.29, 1.82) is 0 Å². The minimum absolute atomic E-state index is 0.236. The molecule has 2 aromatic rings. The first kappa shape index (κ1) is 12.3. The molecule has 1 aromatic carbocycles. The minimum atomic E-state index is 0.236. The fourth-order valence-electron chi connectivity index (χ4n) is 2.57. The molecule has 0 saturated carbocycles. The monoisotopic (exact) mass is 275 g/mol. The summed E-state index contributed by atoms with van der Waals surface area (Å²) in [5, 5.41) is 0.574. The fraction of sp³-hybridized carbons (Fsp3) is 0.267. The molecule has 1 heterocycles. The van der Waals surface area contributed by atoms with E-state index in [1.165, 1.54) is 0 Å². The summed E-state index contributed by atoms with van der Waals surface area (Å²) < 4.78 is 7.19. The zero-order valence-corrected chi connectivity index (χ0v) is 11.4. The highest BCUT2D eigenvalue weighted by atomic mass is 35.5. The first-order valence-electron chi connectivity index (χ1n) is 6.28. The number of halogens is 1. The van der Waals surface area contributed by atoms with Crippen molar-refractivity contribution in [3.05, 3.63) is 46.7 Å².